The first kappa shape index (κ1) is 38.4. The predicted molar refractivity (Wildman–Crippen MR) is 172 cm³/mol. The van der Waals surface area contributed by atoms with E-state index in [-0.39, 0.29) is 41.1 Å². The summed E-state index contributed by atoms with van der Waals surface area (Å²) < 4.78 is 79.2. The Balaban J connectivity index is 1.95. The van der Waals surface area contributed by atoms with Crippen molar-refractivity contribution < 1.29 is 45.8 Å². The highest BCUT2D eigenvalue weighted by Gasteiger charge is 2.32. The predicted octanol–water partition coefficient (Wildman–Crippen LogP) is 5.74. The third kappa shape index (κ3) is 11.5. The van der Waals surface area contributed by atoms with Crippen LogP contribution in [0.5, 0.6) is 5.75 Å². The Morgan fingerprint density at radius 2 is 1.85 bits per heavy atom. The number of halogens is 4. The fourth-order valence-electron chi connectivity index (χ4n) is 5.09. The minimum Gasteiger partial charge on any atom is -0.490 e. The van der Waals surface area contributed by atoms with Crippen molar-refractivity contribution in [3.05, 3.63) is 53.1 Å². The number of anilines is 1. The number of rotatable bonds is 9. The first-order chi connectivity index (χ1) is 22.0. The average molecular weight is 706 g/mol. The van der Waals surface area contributed by atoms with Gasteiger partial charge in [0.1, 0.15) is 5.75 Å². The number of carbonyl (C=O) groups excluding carboxylic acids is 2. The summed E-state index contributed by atoms with van der Waals surface area (Å²) in [6.45, 7) is 5.26. The summed E-state index contributed by atoms with van der Waals surface area (Å²) in [6, 6.07) is 9.30. The Bertz CT molecular complexity index is 1460. The maximum absolute atomic E-state index is 14.2. The zero-order valence-electron chi connectivity index (χ0n) is 26.9. The maximum atomic E-state index is 14.2. The number of hydrogen-bond donors (Lipinski definition) is 2. The summed E-state index contributed by atoms with van der Waals surface area (Å²) in [4.78, 5) is 29.3. The van der Waals surface area contributed by atoms with E-state index in [1.54, 1.807) is 13.8 Å². The summed E-state index contributed by atoms with van der Waals surface area (Å²) in [5.74, 6) is -1.41. The van der Waals surface area contributed by atoms with Gasteiger partial charge in [0.2, 0.25) is 5.91 Å². The van der Waals surface area contributed by atoms with E-state index in [1.807, 2.05) is 6.92 Å². The number of benzene rings is 2. The lowest BCUT2D eigenvalue weighted by molar-refractivity contribution is -0.149. The van der Waals surface area contributed by atoms with Crippen LogP contribution in [0.2, 0.25) is 5.02 Å². The molecule has 0 aliphatic carbocycles. The molecular formula is C32H43ClF3N3O7S. The van der Waals surface area contributed by atoms with Crippen LogP contribution in [0.3, 0.4) is 0 Å². The molecule has 0 aromatic heterocycles. The quantitative estimate of drug-likeness (QED) is 0.341. The molecule has 0 saturated heterocycles. The van der Waals surface area contributed by atoms with E-state index in [1.165, 1.54) is 59.3 Å². The van der Waals surface area contributed by atoms with Crippen LogP contribution in [0.1, 0.15) is 63.2 Å². The number of nitrogens with one attached hydrogen (secondary N) is 1. The van der Waals surface area contributed by atoms with E-state index in [0.717, 1.165) is 0 Å². The second kappa shape index (κ2) is 16.8. The van der Waals surface area contributed by atoms with E-state index in [9.17, 15) is 36.3 Å². The normalized spacial score (nSPS) is 20.8. The fourth-order valence-corrected chi connectivity index (χ4v) is 6.26. The van der Waals surface area contributed by atoms with Crippen LogP contribution in [-0.4, -0.2) is 92.9 Å². The lowest BCUT2D eigenvalue weighted by Gasteiger charge is -2.36. The number of carbonyl (C=O) groups is 2. The van der Waals surface area contributed by atoms with Gasteiger partial charge in [-0.05, 0) is 75.6 Å². The zero-order chi connectivity index (χ0) is 34.9. The number of hydrogen-bond acceptors (Lipinski definition) is 7. The summed E-state index contributed by atoms with van der Waals surface area (Å²) in [7, 11) is -2.62. The van der Waals surface area contributed by atoms with Crippen LogP contribution >= 0.6 is 11.6 Å². The highest BCUT2D eigenvalue weighted by molar-refractivity contribution is 7.92. The molecule has 3 rings (SSSR count). The van der Waals surface area contributed by atoms with Crippen LogP contribution in [0.15, 0.2) is 47.4 Å². The molecule has 1 aliphatic rings. The zero-order valence-corrected chi connectivity index (χ0v) is 28.5. The Kier molecular flexibility index (Phi) is 13.8. The van der Waals surface area contributed by atoms with Gasteiger partial charge < -0.3 is 24.4 Å². The second-order valence-corrected chi connectivity index (χ2v) is 14.1. The highest BCUT2D eigenvalue weighted by Crippen LogP contribution is 2.30. The lowest BCUT2D eigenvalue weighted by Crippen LogP contribution is -2.48. The van der Waals surface area contributed by atoms with Crippen molar-refractivity contribution in [2.45, 2.75) is 82.2 Å². The number of ether oxygens (including phenoxy) is 2. The molecule has 2 aromatic carbocycles. The average Bonchev–Trinajstić information content (AvgIpc) is 3.00. The number of amides is 2. The number of alkyl halides is 3. The van der Waals surface area contributed by atoms with E-state index >= 15 is 0 Å². The van der Waals surface area contributed by atoms with Crippen molar-refractivity contribution >= 4 is 39.1 Å². The van der Waals surface area contributed by atoms with Crippen molar-refractivity contribution in [1.29, 1.82) is 0 Å². The Morgan fingerprint density at radius 1 is 1.17 bits per heavy atom. The van der Waals surface area contributed by atoms with Gasteiger partial charge in [-0.25, -0.2) is 8.42 Å². The third-order valence-electron chi connectivity index (χ3n) is 7.93. The summed E-state index contributed by atoms with van der Waals surface area (Å²) in [5, 5.41) is 10.5. The van der Waals surface area contributed by atoms with Crippen molar-refractivity contribution in [3.8, 4) is 5.75 Å². The fraction of sp³-hybridized carbons (Fsp3) is 0.562. The van der Waals surface area contributed by atoms with E-state index in [2.05, 4.69) is 4.72 Å². The molecule has 0 fully saturated rings. The largest absolute Gasteiger partial charge is 0.490 e. The molecule has 47 heavy (non-hydrogen) atoms. The molecule has 1 aliphatic heterocycles. The molecule has 2 aromatic rings. The Morgan fingerprint density at radius 3 is 2.49 bits per heavy atom. The van der Waals surface area contributed by atoms with Gasteiger partial charge in [0, 0.05) is 49.8 Å². The van der Waals surface area contributed by atoms with Crippen LogP contribution in [0, 0.1) is 5.92 Å². The Hall–Kier alpha value is -3.07. The molecule has 262 valence electrons. The van der Waals surface area contributed by atoms with Crippen molar-refractivity contribution in [2.75, 3.05) is 38.1 Å². The van der Waals surface area contributed by atoms with Gasteiger partial charge in [-0.15, -0.1) is 0 Å². The molecule has 1 heterocycles. The van der Waals surface area contributed by atoms with E-state index in [0.29, 0.717) is 30.9 Å². The van der Waals surface area contributed by atoms with Gasteiger partial charge in [0.25, 0.3) is 15.9 Å². The molecular weight excluding hydrogens is 663 g/mol. The number of fused-ring (bicyclic) bond motifs is 1. The topological polar surface area (TPSA) is 125 Å². The van der Waals surface area contributed by atoms with Crippen LogP contribution in [-0.2, 0) is 19.6 Å². The first-order valence-electron chi connectivity index (χ1n) is 15.4. The Labute approximate surface area is 279 Å². The van der Waals surface area contributed by atoms with Gasteiger partial charge in [-0.3, -0.25) is 14.3 Å². The summed E-state index contributed by atoms with van der Waals surface area (Å²) in [5.41, 5.74) is 0.170. The molecule has 0 radical (unpaired) electrons. The lowest BCUT2D eigenvalue weighted by atomic mass is 10.0. The van der Waals surface area contributed by atoms with Gasteiger partial charge in [-0.1, -0.05) is 18.5 Å². The highest BCUT2D eigenvalue weighted by atomic mass is 35.5. The number of likely N-dealkylation sites (N-methyl/N-ethyl adjacent to an activating group) is 1. The molecule has 15 heteroatoms. The SMILES string of the molecule is C[C@@H]1CN([C@@H](C)CO)C(=O)c2cc(NS(=O)(=O)c3ccc(Cl)cc3)ccc2O[C@@H](C)CCCCO[C@H]1CN(C)C(=O)CCC(F)(F)F. The molecule has 0 bridgehead atoms. The monoisotopic (exact) mass is 705 g/mol. The summed E-state index contributed by atoms with van der Waals surface area (Å²) >= 11 is 5.91. The minimum absolute atomic E-state index is 0.000119. The molecule has 2 N–H and O–H groups in total. The van der Waals surface area contributed by atoms with Crippen LogP contribution in [0.25, 0.3) is 0 Å². The molecule has 2 amide bonds. The van der Waals surface area contributed by atoms with Gasteiger partial charge in [0.05, 0.1) is 41.7 Å². The maximum Gasteiger partial charge on any atom is 0.389 e. The second-order valence-electron chi connectivity index (χ2n) is 12.0. The molecule has 4 atom stereocenters. The molecule has 0 spiro atoms. The van der Waals surface area contributed by atoms with Gasteiger partial charge in [-0.2, -0.15) is 13.2 Å². The number of aliphatic hydroxyl groups excluding tert-OH is 1. The number of nitrogens with zero attached hydrogens (tertiary/aromatic N) is 2. The van der Waals surface area contributed by atoms with E-state index in [4.69, 9.17) is 21.1 Å². The van der Waals surface area contributed by atoms with Crippen molar-refractivity contribution in [2.24, 2.45) is 5.92 Å². The minimum atomic E-state index is -4.46. The molecule has 0 unspecified atom stereocenters. The number of aliphatic hydroxyl groups is 1. The van der Waals surface area contributed by atoms with Crippen LogP contribution < -0.4 is 9.46 Å². The molecule has 0 saturated carbocycles. The van der Waals surface area contributed by atoms with Crippen molar-refractivity contribution in [3.63, 3.8) is 0 Å². The molecule has 10 nitrogen and oxygen atoms in total. The van der Waals surface area contributed by atoms with E-state index < -0.39 is 65.5 Å². The smallest absolute Gasteiger partial charge is 0.389 e. The number of sulfonamides is 1. The first-order valence-corrected chi connectivity index (χ1v) is 17.3. The van der Waals surface area contributed by atoms with Crippen LogP contribution in [0.4, 0.5) is 18.9 Å². The standard InChI is InChI=1S/C32H43ClF3N3O7S/c1-21-18-39(22(2)20-40)31(42)27-17-25(37-47(43,44)26-11-8-24(33)9-12-26)10-13-28(27)46-23(3)7-5-6-16-45-29(21)19-38(4)30(41)14-15-32(34,35)36/h8-13,17,21-23,29,37,40H,5-7,14-16,18-20H2,1-4H3/t21-,22+,23+,29+/m1/s1. The van der Waals surface area contributed by atoms with Gasteiger partial charge >= 0.3 is 6.18 Å². The summed E-state index contributed by atoms with van der Waals surface area (Å²) in [6.07, 6.45) is -5.37. The third-order valence-corrected chi connectivity index (χ3v) is 9.58. The van der Waals surface area contributed by atoms with Crippen molar-refractivity contribution in [1.82, 2.24) is 9.80 Å². The van der Waals surface area contributed by atoms with Gasteiger partial charge in [0.15, 0.2) is 0 Å².